The highest BCUT2D eigenvalue weighted by Gasteiger charge is 2.24. The number of hydrogen-bond donors (Lipinski definition) is 2. The second-order valence-corrected chi connectivity index (χ2v) is 5.89. The Morgan fingerprint density at radius 1 is 0.857 bits per heavy atom. The maximum atomic E-state index is 13.1. The van der Waals surface area contributed by atoms with Crippen LogP contribution in [0.25, 0.3) is 5.70 Å². The quantitative estimate of drug-likeness (QED) is 0.229. The summed E-state index contributed by atoms with van der Waals surface area (Å²) in [7, 11) is 0. The van der Waals surface area contributed by atoms with Crippen molar-refractivity contribution in [3.05, 3.63) is 108 Å². The summed E-state index contributed by atoms with van der Waals surface area (Å²) in [6.45, 7) is 0. The van der Waals surface area contributed by atoms with Gasteiger partial charge in [0, 0.05) is 23.8 Å². The Bertz CT molecular complexity index is 1100. The van der Waals surface area contributed by atoms with E-state index < -0.39 is 5.78 Å². The van der Waals surface area contributed by atoms with Crippen molar-refractivity contribution in [2.24, 2.45) is 0 Å². The molecule has 0 aliphatic heterocycles. The Hall–Kier alpha value is -4.08. The predicted octanol–water partition coefficient (Wildman–Crippen LogP) is 3.46. The lowest BCUT2D eigenvalue weighted by atomic mass is 10.0. The van der Waals surface area contributed by atoms with E-state index in [1.165, 1.54) is 18.2 Å². The van der Waals surface area contributed by atoms with E-state index in [9.17, 15) is 14.7 Å². The van der Waals surface area contributed by atoms with Crippen LogP contribution in [0.15, 0.2) is 96.8 Å². The topological polar surface area (TPSA) is 82.1 Å². The summed E-state index contributed by atoms with van der Waals surface area (Å²) >= 11 is 0. The molecule has 0 aliphatic rings. The fourth-order valence-electron chi connectivity index (χ4n) is 2.66. The molecule has 5 heteroatoms. The number of para-hydroxylation sites is 1. The molecule has 0 spiro atoms. The number of benzene rings is 2. The largest absolute Gasteiger partial charge is 0.507 e. The van der Waals surface area contributed by atoms with Gasteiger partial charge in [-0.05, 0) is 18.0 Å². The minimum absolute atomic E-state index is 0.0399. The zero-order valence-electron chi connectivity index (χ0n) is 14.9. The molecular weight excluding hydrogens is 352 g/mol. The number of pyridine rings is 1. The predicted molar refractivity (Wildman–Crippen MR) is 105 cm³/mol. The summed E-state index contributed by atoms with van der Waals surface area (Å²) < 4.78 is 1.57. The number of phenolic OH excluding ortho intramolecular Hbond substituents is 1. The number of phenols is 1. The zero-order valence-corrected chi connectivity index (χ0v) is 14.9. The number of ketones is 2. The number of allylic oxidation sites excluding steroid dienone is 3. The van der Waals surface area contributed by atoms with Gasteiger partial charge in [0.15, 0.2) is 12.4 Å². The van der Waals surface area contributed by atoms with Gasteiger partial charge in [-0.3, -0.25) is 15.0 Å². The minimum Gasteiger partial charge on any atom is -0.507 e. The van der Waals surface area contributed by atoms with Gasteiger partial charge in [0.05, 0.1) is 11.1 Å². The van der Waals surface area contributed by atoms with Crippen molar-refractivity contribution < 1.29 is 19.3 Å². The molecule has 0 saturated carbocycles. The third kappa shape index (κ3) is 4.01. The van der Waals surface area contributed by atoms with E-state index in [0.29, 0.717) is 5.56 Å². The second kappa shape index (κ2) is 8.54. The molecule has 5 nitrogen and oxygen atoms in total. The molecule has 28 heavy (non-hydrogen) atoms. The van der Waals surface area contributed by atoms with Crippen LogP contribution in [0.2, 0.25) is 0 Å². The lowest BCUT2D eigenvalue weighted by molar-refractivity contribution is -0.576. The van der Waals surface area contributed by atoms with E-state index in [0.717, 1.165) is 0 Å². The number of aromatic hydroxyl groups is 1. The lowest BCUT2D eigenvalue weighted by Gasteiger charge is -2.05. The van der Waals surface area contributed by atoms with Gasteiger partial charge >= 0.3 is 0 Å². The van der Waals surface area contributed by atoms with Crippen LogP contribution >= 0.6 is 0 Å². The Labute approximate surface area is 162 Å². The Morgan fingerprint density at radius 2 is 1.46 bits per heavy atom. The van der Waals surface area contributed by atoms with Crippen molar-refractivity contribution in [1.82, 2.24) is 0 Å². The average molecular weight is 369 g/mol. The van der Waals surface area contributed by atoms with Crippen LogP contribution in [0, 0.1) is 5.41 Å². The molecule has 0 bridgehead atoms. The number of Topliss-reactive ketones (excluding diaryl/α,β-unsaturated/α-hetero) is 2. The van der Waals surface area contributed by atoms with Crippen molar-refractivity contribution in [1.29, 1.82) is 5.41 Å². The lowest BCUT2D eigenvalue weighted by Crippen LogP contribution is -2.35. The first kappa shape index (κ1) is 18.7. The molecule has 1 aromatic heterocycles. The van der Waals surface area contributed by atoms with Gasteiger partial charge in [-0.15, -0.1) is 0 Å². The van der Waals surface area contributed by atoms with Crippen LogP contribution < -0.4 is 4.57 Å². The zero-order chi connectivity index (χ0) is 19.9. The Morgan fingerprint density at radius 3 is 2.11 bits per heavy atom. The van der Waals surface area contributed by atoms with E-state index in [1.807, 2.05) is 6.07 Å². The molecular formula is C23H17N2O3+. The van der Waals surface area contributed by atoms with Crippen LogP contribution in [0.3, 0.4) is 0 Å². The first-order chi connectivity index (χ1) is 13.6. The first-order valence-electron chi connectivity index (χ1n) is 8.52. The fraction of sp³-hybridized carbons (Fsp3) is 0. The van der Waals surface area contributed by atoms with Gasteiger partial charge in [0.1, 0.15) is 5.75 Å². The number of nitrogens with one attached hydrogen (secondary N) is 1. The molecule has 0 amide bonds. The molecule has 2 N–H and O–H groups in total. The first-order valence-corrected chi connectivity index (χ1v) is 8.52. The van der Waals surface area contributed by atoms with Crippen molar-refractivity contribution in [2.75, 3.05) is 0 Å². The van der Waals surface area contributed by atoms with E-state index in [2.05, 4.69) is 5.87 Å². The van der Waals surface area contributed by atoms with Gasteiger partial charge < -0.3 is 5.11 Å². The molecule has 1 heterocycles. The highest BCUT2D eigenvalue weighted by Crippen LogP contribution is 2.20. The van der Waals surface area contributed by atoms with Gasteiger partial charge in [0.25, 0.3) is 11.5 Å². The molecule has 0 saturated heterocycles. The highest BCUT2D eigenvalue weighted by atomic mass is 16.3. The molecule has 0 radical (unpaired) electrons. The molecule has 136 valence electrons. The number of carbonyl (C=O) groups excluding carboxylic acids is 2. The van der Waals surface area contributed by atoms with E-state index in [1.54, 1.807) is 71.6 Å². The van der Waals surface area contributed by atoms with Crippen molar-refractivity contribution >= 4 is 23.1 Å². The number of hydrogen-bond acceptors (Lipinski definition) is 4. The number of nitrogens with zero attached hydrogens (tertiary/aromatic N) is 1. The van der Waals surface area contributed by atoms with E-state index >= 15 is 0 Å². The summed E-state index contributed by atoms with van der Waals surface area (Å²) in [5, 5.41) is 17.5. The van der Waals surface area contributed by atoms with Crippen LogP contribution in [-0.2, 0) is 0 Å². The molecule has 3 rings (SSSR count). The van der Waals surface area contributed by atoms with Crippen LogP contribution in [-0.4, -0.2) is 22.5 Å². The highest BCUT2D eigenvalue weighted by molar-refractivity contribution is 6.25. The second-order valence-electron chi connectivity index (χ2n) is 5.89. The molecule has 3 aromatic rings. The molecule has 0 aliphatic carbocycles. The number of rotatable bonds is 6. The van der Waals surface area contributed by atoms with E-state index in [-0.39, 0.29) is 28.4 Å². The van der Waals surface area contributed by atoms with Gasteiger partial charge in [-0.2, -0.15) is 4.57 Å². The number of aromatic nitrogens is 1. The maximum absolute atomic E-state index is 13.1. The number of carbonyl (C=O) groups is 2. The van der Waals surface area contributed by atoms with Crippen molar-refractivity contribution in [3.63, 3.8) is 0 Å². The monoisotopic (exact) mass is 369 g/mol. The third-order valence-corrected chi connectivity index (χ3v) is 4.07. The maximum Gasteiger partial charge on any atom is 0.260 e. The van der Waals surface area contributed by atoms with Crippen LogP contribution in [0.1, 0.15) is 20.7 Å². The molecule has 0 atom stereocenters. The standard InChI is InChI=1S/C23H16N2O3/c24-16-18(22(27)19-11-5-6-12-21(19)26)15-20(25-13-7-2-8-14-25)23(28)17-9-3-1-4-10-17/h1-15,24H/p+1/b20-15-. The van der Waals surface area contributed by atoms with Crippen LogP contribution in [0.4, 0.5) is 0 Å². The summed E-state index contributed by atoms with van der Waals surface area (Å²) in [4.78, 5) is 25.8. The molecule has 2 aromatic carbocycles. The minimum atomic E-state index is -0.594. The summed E-state index contributed by atoms with van der Waals surface area (Å²) in [6, 6.07) is 20.0. The summed E-state index contributed by atoms with van der Waals surface area (Å²) in [5.41, 5.74) is 0.532. The summed E-state index contributed by atoms with van der Waals surface area (Å²) in [5.74, 6) is 0.996. The van der Waals surface area contributed by atoms with Gasteiger partial charge in [0.2, 0.25) is 5.78 Å². The third-order valence-electron chi connectivity index (χ3n) is 4.07. The Balaban J connectivity index is 2.10. The smallest absolute Gasteiger partial charge is 0.260 e. The van der Waals surface area contributed by atoms with Crippen molar-refractivity contribution in [2.45, 2.75) is 0 Å². The SMILES string of the molecule is N=C=C(/C=C(/C(=O)c1ccccc1)[n+]1ccccc1)C(=O)c1ccccc1O. The van der Waals surface area contributed by atoms with Gasteiger partial charge in [-0.1, -0.05) is 48.5 Å². The van der Waals surface area contributed by atoms with E-state index in [4.69, 9.17) is 5.41 Å². The normalized spacial score (nSPS) is 10.8. The van der Waals surface area contributed by atoms with Gasteiger partial charge in [-0.25, -0.2) is 0 Å². The molecule has 0 fully saturated rings. The Kier molecular flexibility index (Phi) is 5.70. The van der Waals surface area contributed by atoms with Crippen LogP contribution in [0.5, 0.6) is 5.75 Å². The van der Waals surface area contributed by atoms with Crippen molar-refractivity contribution in [3.8, 4) is 5.75 Å². The fourth-order valence-corrected chi connectivity index (χ4v) is 2.66. The summed E-state index contributed by atoms with van der Waals surface area (Å²) in [6.07, 6.45) is 4.68. The molecule has 0 unspecified atom stereocenters. The average Bonchev–Trinajstić information content (AvgIpc) is 2.75.